The molecule has 1 N–H and O–H groups in total. The molecule has 0 atom stereocenters. The number of pyridine rings is 1. The normalized spacial score (nSPS) is 16.4. The molecule has 2 aromatic heterocycles. The van der Waals surface area contributed by atoms with Gasteiger partial charge in [-0.3, -0.25) is 9.20 Å². The molecule has 0 aromatic carbocycles. The first-order chi connectivity index (χ1) is 13.7. The number of anilines is 1. The molecule has 1 saturated heterocycles. The third kappa shape index (κ3) is 4.62. The van der Waals surface area contributed by atoms with Gasteiger partial charge in [0.05, 0.1) is 11.4 Å². The van der Waals surface area contributed by atoms with Gasteiger partial charge in [-0.25, -0.2) is 13.8 Å². The zero-order valence-corrected chi connectivity index (χ0v) is 17.0. The van der Waals surface area contributed by atoms with E-state index in [1.807, 2.05) is 6.07 Å². The Hall–Kier alpha value is -2.80. The highest BCUT2D eigenvalue weighted by Gasteiger charge is 2.28. The van der Waals surface area contributed by atoms with Crippen molar-refractivity contribution in [2.75, 3.05) is 31.1 Å². The van der Waals surface area contributed by atoms with E-state index in [1.54, 1.807) is 25.3 Å². The molecule has 3 rings (SSSR count). The van der Waals surface area contributed by atoms with Gasteiger partial charge in [0.2, 0.25) is 0 Å². The molecule has 0 aliphatic carbocycles. The fourth-order valence-corrected chi connectivity index (χ4v) is 3.43. The van der Waals surface area contributed by atoms with Crippen LogP contribution in [-0.4, -0.2) is 41.5 Å². The van der Waals surface area contributed by atoms with Crippen molar-refractivity contribution in [3.8, 4) is 0 Å². The third-order valence-electron chi connectivity index (χ3n) is 4.97. The predicted molar refractivity (Wildman–Crippen MR) is 114 cm³/mol. The van der Waals surface area contributed by atoms with Crippen molar-refractivity contribution in [1.82, 2.24) is 14.7 Å². The monoisotopic (exact) mass is 400 g/mol. The van der Waals surface area contributed by atoms with Crippen molar-refractivity contribution in [3.63, 3.8) is 0 Å². The van der Waals surface area contributed by atoms with Crippen molar-refractivity contribution >= 4 is 16.9 Å². The lowest BCUT2D eigenvalue weighted by molar-refractivity contribution is 0.0661. The number of fused-ring (bicyclic) bond motifs is 1. The fraction of sp³-hybridized carbons (Fsp3) is 0.364. The Kier molecular flexibility index (Phi) is 5.98. The maximum Gasteiger partial charge on any atom is 0.270 e. The molecule has 0 amide bonds. The van der Waals surface area contributed by atoms with Gasteiger partial charge in [0.15, 0.2) is 0 Å². The molecule has 29 heavy (non-hydrogen) atoms. The minimum absolute atomic E-state index is 0.179. The van der Waals surface area contributed by atoms with Crippen LogP contribution in [0.3, 0.4) is 0 Å². The van der Waals surface area contributed by atoms with E-state index in [9.17, 15) is 13.6 Å². The van der Waals surface area contributed by atoms with E-state index in [1.165, 1.54) is 23.5 Å². The summed E-state index contributed by atoms with van der Waals surface area (Å²) in [5.41, 5.74) is 2.08. The van der Waals surface area contributed by atoms with E-state index in [2.05, 4.69) is 21.8 Å². The fourth-order valence-electron chi connectivity index (χ4n) is 3.43. The third-order valence-corrected chi connectivity index (χ3v) is 4.97. The molecule has 0 spiro atoms. The summed E-state index contributed by atoms with van der Waals surface area (Å²) in [6.45, 7) is 11.3. The average molecular weight is 400 g/mol. The maximum absolute atomic E-state index is 14.0. The number of halogens is 2. The standard InChI is InChI=1S/C22H26F2N4O/c1-5-16(12-18(15(2)3)22(4,23)24)19-13-21(29)28-14-17(6-7-20(28)26-19)27-10-8-25-9-11-27/h5-7,12-14,25H,2,8-11H2,1,3-4H3/b16-5?,18-12+. The largest absolute Gasteiger partial charge is 0.368 e. The van der Waals surface area contributed by atoms with Crippen molar-refractivity contribution in [2.24, 2.45) is 0 Å². The maximum atomic E-state index is 14.0. The van der Waals surface area contributed by atoms with Gasteiger partial charge in [-0.1, -0.05) is 12.7 Å². The van der Waals surface area contributed by atoms with Crippen molar-refractivity contribution in [2.45, 2.75) is 26.7 Å². The lowest BCUT2D eigenvalue weighted by atomic mass is 9.99. The topological polar surface area (TPSA) is 49.6 Å². The number of aromatic nitrogens is 2. The van der Waals surface area contributed by atoms with Crippen molar-refractivity contribution < 1.29 is 8.78 Å². The summed E-state index contributed by atoms with van der Waals surface area (Å²) in [5.74, 6) is -3.04. The van der Waals surface area contributed by atoms with Crippen molar-refractivity contribution in [1.29, 1.82) is 0 Å². The average Bonchev–Trinajstić information content (AvgIpc) is 2.68. The van der Waals surface area contributed by atoms with E-state index in [0.29, 0.717) is 16.9 Å². The second kappa shape index (κ2) is 8.29. The number of nitrogens with one attached hydrogen (secondary N) is 1. The molecule has 1 aliphatic rings. The summed E-state index contributed by atoms with van der Waals surface area (Å²) in [6.07, 6.45) is 4.81. The molecule has 0 bridgehead atoms. The summed E-state index contributed by atoms with van der Waals surface area (Å²) in [6, 6.07) is 5.10. The van der Waals surface area contributed by atoms with Crippen LogP contribution in [0.25, 0.3) is 11.2 Å². The number of hydrogen-bond donors (Lipinski definition) is 1. The van der Waals surface area contributed by atoms with Crippen LogP contribution < -0.4 is 15.8 Å². The molecule has 154 valence electrons. The van der Waals surface area contributed by atoms with Gasteiger partial charge in [0, 0.05) is 50.9 Å². The molecule has 0 unspecified atom stereocenters. The summed E-state index contributed by atoms with van der Waals surface area (Å²) in [5, 5.41) is 3.30. The minimum Gasteiger partial charge on any atom is -0.368 e. The Bertz CT molecular complexity index is 1040. The van der Waals surface area contributed by atoms with Crippen LogP contribution >= 0.6 is 0 Å². The predicted octanol–water partition coefficient (Wildman–Crippen LogP) is 3.67. The Labute approximate surface area is 169 Å². The highest BCUT2D eigenvalue weighted by Crippen LogP contribution is 2.31. The van der Waals surface area contributed by atoms with Gasteiger partial charge in [0.1, 0.15) is 5.65 Å². The lowest BCUT2D eigenvalue weighted by Crippen LogP contribution is -2.43. The number of rotatable bonds is 5. The highest BCUT2D eigenvalue weighted by molar-refractivity contribution is 5.74. The van der Waals surface area contributed by atoms with Gasteiger partial charge < -0.3 is 10.2 Å². The number of nitrogens with zero attached hydrogens (tertiary/aromatic N) is 3. The van der Waals surface area contributed by atoms with E-state index in [0.717, 1.165) is 38.8 Å². The first kappa shape index (κ1) is 20.9. The number of allylic oxidation sites excluding steroid dienone is 5. The van der Waals surface area contributed by atoms with Crippen LogP contribution in [-0.2, 0) is 0 Å². The molecule has 2 aromatic rings. The quantitative estimate of drug-likeness (QED) is 0.779. The Morgan fingerprint density at radius 2 is 2.00 bits per heavy atom. The molecule has 0 saturated carbocycles. The van der Waals surface area contributed by atoms with Crippen LogP contribution in [0, 0.1) is 0 Å². The summed E-state index contributed by atoms with van der Waals surface area (Å²) >= 11 is 0. The van der Waals surface area contributed by atoms with Gasteiger partial charge in [0.25, 0.3) is 11.5 Å². The highest BCUT2D eigenvalue weighted by atomic mass is 19.3. The molecular formula is C22H26F2N4O. The van der Waals surface area contributed by atoms with Crippen molar-refractivity contribution in [3.05, 3.63) is 70.3 Å². The zero-order valence-electron chi connectivity index (χ0n) is 17.0. The molecule has 0 radical (unpaired) electrons. The number of hydrogen-bond acceptors (Lipinski definition) is 4. The second-order valence-electron chi connectivity index (χ2n) is 7.30. The molecular weight excluding hydrogens is 374 g/mol. The van der Waals surface area contributed by atoms with E-state index in [4.69, 9.17) is 0 Å². The second-order valence-corrected chi connectivity index (χ2v) is 7.30. The van der Waals surface area contributed by atoms with Crippen LogP contribution in [0.1, 0.15) is 26.5 Å². The summed E-state index contributed by atoms with van der Waals surface area (Å²) in [4.78, 5) is 19.5. The van der Waals surface area contributed by atoms with E-state index < -0.39 is 5.92 Å². The van der Waals surface area contributed by atoms with Gasteiger partial charge in [-0.15, -0.1) is 0 Å². The van der Waals surface area contributed by atoms with Crippen LogP contribution in [0.5, 0.6) is 0 Å². The SMILES string of the molecule is C=C(C)/C(=C\C(=CC)c1cc(=O)n2cc(N3CCNCC3)ccc2n1)C(C)(F)F. The van der Waals surface area contributed by atoms with Crippen LogP contribution in [0.4, 0.5) is 14.5 Å². The number of piperazine rings is 1. The molecule has 1 aliphatic heterocycles. The Morgan fingerprint density at radius 3 is 2.59 bits per heavy atom. The zero-order chi connectivity index (χ0) is 21.2. The molecule has 7 heteroatoms. The van der Waals surface area contributed by atoms with Crippen LogP contribution in [0.2, 0.25) is 0 Å². The summed E-state index contributed by atoms with van der Waals surface area (Å²) < 4.78 is 29.4. The van der Waals surface area contributed by atoms with Crippen LogP contribution in [0.15, 0.2) is 59.1 Å². The van der Waals surface area contributed by atoms with E-state index >= 15 is 0 Å². The minimum atomic E-state index is -3.04. The van der Waals surface area contributed by atoms with Gasteiger partial charge >= 0.3 is 0 Å². The lowest BCUT2D eigenvalue weighted by Gasteiger charge is -2.29. The van der Waals surface area contributed by atoms with Gasteiger partial charge in [-0.05, 0) is 43.2 Å². The molecule has 1 fully saturated rings. The Morgan fingerprint density at radius 1 is 1.31 bits per heavy atom. The Balaban J connectivity index is 2.04. The first-order valence-electron chi connectivity index (χ1n) is 9.62. The molecule has 5 nitrogen and oxygen atoms in total. The molecule has 3 heterocycles. The first-order valence-corrected chi connectivity index (χ1v) is 9.62. The van der Waals surface area contributed by atoms with E-state index in [-0.39, 0.29) is 16.7 Å². The number of alkyl halides is 2. The smallest absolute Gasteiger partial charge is 0.270 e. The summed E-state index contributed by atoms with van der Waals surface area (Å²) in [7, 11) is 0. The van der Waals surface area contributed by atoms with Gasteiger partial charge in [-0.2, -0.15) is 0 Å².